The lowest BCUT2D eigenvalue weighted by atomic mass is 10.5. The molecule has 0 spiro atoms. The van der Waals surface area contributed by atoms with Gasteiger partial charge in [-0.05, 0) is 13.8 Å². The van der Waals surface area contributed by atoms with Crippen molar-refractivity contribution in [3.8, 4) is 5.82 Å². The van der Waals surface area contributed by atoms with Gasteiger partial charge in [0.1, 0.15) is 16.8 Å². The van der Waals surface area contributed by atoms with E-state index in [-0.39, 0.29) is 5.82 Å². The molecule has 0 fully saturated rings. The highest BCUT2D eigenvalue weighted by Crippen LogP contribution is 2.29. The molecule has 0 amide bonds. The minimum absolute atomic E-state index is 0.226. The summed E-state index contributed by atoms with van der Waals surface area (Å²) in [5.41, 5.74) is -5.53. The van der Waals surface area contributed by atoms with E-state index in [1.54, 1.807) is 6.92 Å². The van der Waals surface area contributed by atoms with Gasteiger partial charge in [-0.15, -0.1) is 5.10 Å². The van der Waals surface area contributed by atoms with Gasteiger partial charge in [0.05, 0.1) is 0 Å². The molecule has 2 heterocycles. The van der Waals surface area contributed by atoms with Gasteiger partial charge in [-0.1, -0.05) is 11.6 Å². The van der Waals surface area contributed by atoms with Crippen molar-refractivity contribution in [3.63, 3.8) is 0 Å². The Hall–Kier alpha value is -1.75. The van der Waals surface area contributed by atoms with E-state index in [0.717, 1.165) is 10.7 Å². The van der Waals surface area contributed by atoms with Crippen LogP contribution in [0.2, 0.25) is 5.15 Å². The van der Waals surface area contributed by atoms with Gasteiger partial charge in [-0.25, -0.2) is 18.4 Å². The molecular formula is C9H7ClF3N5O2S. The summed E-state index contributed by atoms with van der Waals surface area (Å²) >= 11 is 5.57. The van der Waals surface area contributed by atoms with Crippen molar-refractivity contribution in [2.75, 3.05) is 0 Å². The molecular weight excluding hydrogens is 335 g/mol. The largest absolute Gasteiger partial charge is 0.505 e. The molecule has 0 aliphatic carbocycles. The van der Waals surface area contributed by atoms with Gasteiger partial charge < -0.3 is 0 Å². The lowest BCUT2D eigenvalue weighted by Crippen LogP contribution is -2.26. The fourth-order valence-electron chi connectivity index (χ4n) is 1.46. The number of hydrogen-bond donors (Lipinski definition) is 0. The first-order chi connectivity index (χ1) is 9.52. The maximum atomic E-state index is 12.5. The average molecular weight is 342 g/mol. The highest BCUT2D eigenvalue weighted by atomic mass is 35.5. The van der Waals surface area contributed by atoms with Gasteiger partial charge in [0, 0.05) is 6.07 Å². The molecule has 0 bridgehead atoms. The van der Waals surface area contributed by atoms with Crippen molar-refractivity contribution in [3.05, 3.63) is 22.9 Å². The molecule has 0 saturated heterocycles. The van der Waals surface area contributed by atoms with Crippen LogP contribution in [0, 0.1) is 13.8 Å². The summed E-state index contributed by atoms with van der Waals surface area (Å²) in [6, 6.07) is 1.08. The van der Waals surface area contributed by atoms with Crippen LogP contribution >= 0.6 is 11.6 Å². The van der Waals surface area contributed by atoms with Gasteiger partial charge in [0.2, 0.25) is 0 Å². The molecule has 0 N–H and O–H groups in total. The molecule has 0 aromatic carbocycles. The summed E-state index contributed by atoms with van der Waals surface area (Å²) < 4.78 is 61.3. The Labute approximate surface area is 121 Å². The van der Waals surface area contributed by atoms with E-state index in [0.29, 0.717) is 11.6 Å². The number of nitrogens with zero attached hydrogens (tertiary/aromatic N) is 5. The van der Waals surface area contributed by atoms with Gasteiger partial charge in [0.25, 0.3) is 5.16 Å². The topological polar surface area (TPSA) is 90.6 Å². The fourth-order valence-corrected chi connectivity index (χ4v) is 2.32. The third-order valence-corrected chi connectivity index (χ3v) is 3.76. The predicted molar refractivity (Wildman–Crippen MR) is 64.7 cm³/mol. The van der Waals surface area contributed by atoms with Crippen molar-refractivity contribution in [1.82, 2.24) is 24.7 Å². The number of aryl methyl sites for hydroxylation is 2. The molecule has 0 radical (unpaired) electrons. The first-order valence-corrected chi connectivity index (χ1v) is 7.15. The average Bonchev–Trinajstić information content (AvgIpc) is 2.66. The van der Waals surface area contributed by atoms with Crippen LogP contribution in [0.3, 0.4) is 0 Å². The highest BCUT2D eigenvalue weighted by molar-refractivity contribution is 7.92. The maximum absolute atomic E-state index is 12.5. The Morgan fingerprint density at radius 2 is 1.81 bits per heavy atom. The number of hydrogen-bond acceptors (Lipinski definition) is 6. The van der Waals surface area contributed by atoms with Crippen molar-refractivity contribution in [1.29, 1.82) is 0 Å². The number of alkyl halides is 3. The zero-order valence-electron chi connectivity index (χ0n) is 10.6. The van der Waals surface area contributed by atoms with Gasteiger partial charge >= 0.3 is 15.3 Å². The molecule has 7 nitrogen and oxygen atoms in total. The van der Waals surface area contributed by atoms with E-state index < -0.39 is 25.7 Å². The molecule has 0 atom stereocenters. The Bertz CT molecular complexity index is 802. The van der Waals surface area contributed by atoms with E-state index in [9.17, 15) is 21.6 Å². The molecule has 0 aliphatic heterocycles. The lowest BCUT2D eigenvalue weighted by molar-refractivity contribution is -0.0440. The number of halogens is 4. The molecule has 2 rings (SSSR count). The summed E-state index contributed by atoms with van der Waals surface area (Å²) in [6.07, 6.45) is 0. The smallest absolute Gasteiger partial charge is 0.217 e. The van der Waals surface area contributed by atoms with Gasteiger partial charge in [0.15, 0.2) is 5.82 Å². The van der Waals surface area contributed by atoms with Crippen LogP contribution in [0.15, 0.2) is 11.2 Å². The van der Waals surface area contributed by atoms with Crippen LogP contribution < -0.4 is 0 Å². The Morgan fingerprint density at radius 3 is 2.29 bits per heavy atom. The van der Waals surface area contributed by atoms with Crippen LogP contribution in [0.5, 0.6) is 0 Å². The normalized spacial score (nSPS) is 12.7. The molecule has 2 aromatic rings. The van der Waals surface area contributed by atoms with Gasteiger partial charge in [-0.2, -0.15) is 22.8 Å². The van der Waals surface area contributed by atoms with Crippen LogP contribution in [-0.2, 0) is 9.84 Å². The molecule has 2 aromatic heterocycles. The van der Waals surface area contributed by atoms with Crippen LogP contribution in [0.4, 0.5) is 13.2 Å². The predicted octanol–water partition coefficient (Wildman–Crippen LogP) is 1.62. The van der Waals surface area contributed by atoms with E-state index in [1.165, 1.54) is 6.92 Å². The fraction of sp³-hybridized carbons (Fsp3) is 0.333. The zero-order valence-corrected chi connectivity index (χ0v) is 12.1. The quantitative estimate of drug-likeness (QED) is 0.609. The summed E-state index contributed by atoms with van der Waals surface area (Å²) in [4.78, 5) is 10.4. The molecule has 0 unspecified atom stereocenters. The molecule has 0 aliphatic rings. The van der Waals surface area contributed by atoms with E-state index in [1.807, 2.05) is 0 Å². The molecule has 0 saturated carbocycles. The second-order valence-corrected chi connectivity index (χ2v) is 6.12. The van der Waals surface area contributed by atoms with Crippen molar-refractivity contribution in [2.45, 2.75) is 24.5 Å². The third kappa shape index (κ3) is 2.83. The summed E-state index contributed by atoms with van der Waals surface area (Å²) in [6.45, 7) is 3.08. The van der Waals surface area contributed by atoms with Crippen LogP contribution in [0.1, 0.15) is 11.6 Å². The zero-order chi connectivity index (χ0) is 16.0. The van der Waals surface area contributed by atoms with Crippen molar-refractivity contribution < 1.29 is 21.6 Å². The Morgan fingerprint density at radius 1 is 1.19 bits per heavy atom. The monoisotopic (exact) mass is 341 g/mol. The number of aromatic nitrogens is 5. The minimum Gasteiger partial charge on any atom is -0.217 e. The molecule has 12 heteroatoms. The maximum Gasteiger partial charge on any atom is 0.505 e. The summed E-state index contributed by atoms with van der Waals surface area (Å²) in [5, 5.41) is 1.99. The molecule has 21 heavy (non-hydrogen) atoms. The van der Waals surface area contributed by atoms with Crippen molar-refractivity contribution in [2.24, 2.45) is 0 Å². The van der Waals surface area contributed by atoms with Crippen molar-refractivity contribution >= 4 is 21.4 Å². The Balaban J connectivity index is 2.66. The first-order valence-electron chi connectivity index (χ1n) is 5.29. The van der Waals surface area contributed by atoms with E-state index >= 15 is 0 Å². The third-order valence-electron chi connectivity index (χ3n) is 2.30. The highest BCUT2D eigenvalue weighted by Gasteiger charge is 2.49. The lowest BCUT2D eigenvalue weighted by Gasteiger charge is -2.08. The summed E-state index contributed by atoms with van der Waals surface area (Å²) in [5.74, 6) is 0.413. The SMILES string of the molecule is Cc1nc(C)n(-c2cc(Cl)nc(S(=O)(=O)C(F)(F)F)n2)n1. The first kappa shape index (κ1) is 15.6. The van der Waals surface area contributed by atoms with Crippen LogP contribution in [0.25, 0.3) is 5.82 Å². The van der Waals surface area contributed by atoms with E-state index in [2.05, 4.69) is 20.1 Å². The van der Waals surface area contributed by atoms with Gasteiger partial charge in [-0.3, -0.25) is 0 Å². The molecule has 114 valence electrons. The minimum atomic E-state index is -5.70. The number of sulfone groups is 1. The second kappa shape index (κ2) is 4.91. The van der Waals surface area contributed by atoms with E-state index in [4.69, 9.17) is 11.6 Å². The summed E-state index contributed by atoms with van der Waals surface area (Å²) in [7, 11) is -5.70. The standard InChI is InChI=1S/C9H7ClF3N5O2S/c1-4-14-5(2)18(17-4)7-3-6(10)15-8(16-7)21(19,20)9(11,12)13/h3H,1-2H3. The van der Waals surface area contributed by atoms with Crippen LogP contribution in [-0.4, -0.2) is 38.7 Å². The second-order valence-electron chi connectivity index (χ2n) is 3.90. The number of rotatable bonds is 2. The Kier molecular flexibility index (Phi) is 3.66.